The normalized spacial score (nSPS) is 13.1. The van der Waals surface area contributed by atoms with Crippen molar-refractivity contribution in [2.24, 2.45) is 5.92 Å². The molecule has 0 radical (unpaired) electrons. The third kappa shape index (κ3) is 3.54. The van der Waals surface area contributed by atoms with Gasteiger partial charge in [-0.3, -0.25) is 0 Å². The van der Waals surface area contributed by atoms with Crippen LogP contribution in [0.5, 0.6) is 0 Å². The molecule has 0 spiro atoms. The standard InChI is InChI=1S/C12H17F2NO/c1-8(2)6-15-12(7-16)10-4-3-9(13)5-11(10)14/h3-5,8,12,15-16H,6-7H2,1-2H3. The fourth-order valence-corrected chi connectivity index (χ4v) is 1.43. The van der Waals surface area contributed by atoms with Gasteiger partial charge < -0.3 is 10.4 Å². The lowest BCUT2D eigenvalue weighted by Crippen LogP contribution is -2.28. The molecule has 0 amide bonds. The maximum Gasteiger partial charge on any atom is 0.130 e. The SMILES string of the molecule is CC(C)CNC(CO)c1ccc(F)cc1F. The van der Waals surface area contributed by atoms with Crippen LogP contribution in [-0.2, 0) is 0 Å². The van der Waals surface area contributed by atoms with Crippen molar-refractivity contribution in [1.82, 2.24) is 5.32 Å². The summed E-state index contributed by atoms with van der Waals surface area (Å²) in [7, 11) is 0. The summed E-state index contributed by atoms with van der Waals surface area (Å²) < 4.78 is 26.1. The first kappa shape index (κ1) is 13.1. The second kappa shape index (κ2) is 5.92. The monoisotopic (exact) mass is 229 g/mol. The second-order valence-electron chi connectivity index (χ2n) is 4.20. The maximum atomic E-state index is 13.4. The highest BCUT2D eigenvalue weighted by molar-refractivity contribution is 5.22. The molecule has 0 aromatic heterocycles. The third-order valence-electron chi connectivity index (χ3n) is 2.29. The highest BCUT2D eigenvalue weighted by atomic mass is 19.1. The van der Waals surface area contributed by atoms with E-state index in [2.05, 4.69) is 5.32 Å². The highest BCUT2D eigenvalue weighted by Crippen LogP contribution is 2.17. The van der Waals surface area contributed by atoms with Gasteiger partial charge in [0, 0.05) is 11.6 Å². The Kier molecular flexibility index (Phi) is 4.83. The van der Waals surface area contributed by atoms with Gasteiger partial charge in [-0.25, -0.2) is 8.78 Å². The summed E-state index contributed by atoms with van der Waals surface area (Å²) >= 11 is 0. The Balaban J connectivity index is 2.78. The summed E-state index contributed by atoms with van der Waals surface area (Å²) in [6.07, 6.45) is 0. The number of halogens is 2. The minimum Gasteiger partial charge on any atom is -0.394 e. The minimum absolute atomic E-state index is 0.213. The maximum absolute atomic E-state index is 13.4. The second-order valence-corrected chi connectivity index (χ2v) is 4.20. The summed E-state index contributed by atoms with van der Waals surface area (Å²) in [5.74, 6) is -0.838. The molecule has 0 heterocycles. The van der Waals surface area contributed by atoms with E-state index in [0.29, 0.717) is 18.0 Å². The van der Waals surface area contributed by atoms with E-state index < -0.39 is 17.7 Å². The smallest absolute Gasteiger partial charge is 0.130 e. The Labute approximate surface area is 94.3 Å². The zero-order valence-electron chi connectivity index (χ0n) is 9.50. The number of hydrogen-bond donors (Lipinski definition) is 2. The summed E-state index contributed by atoms with van der Waals surface area (Å²) in [5, 5.41) is 12.2. The topological polar surface area (TPSA) is 32.3 Å². The molecule has 0 aliphatic heterocycles. The molecule has 90 valence electrons. The van der Waals surface area contributed by atoms with Crippen LogP contribution in [0.1, 0.15) is 25.5 Å². The molecule has 1 unspecified atom stereocenters. The van der Waals surface area contributed by atoms with Gasteiger partial charge in [-0.05, 0) is 18.5 Å². The van der Waals surface area contributed by atoms with Crippen LogP contribution in [0.25, 0.3) is 0 Å². The van der Waals surface area contributed by atoms with E-state index in [-0.39, 0.29) is 6.61 Å². The first-order valence-corrected chi connectivity index (χ1v) is 5.33. The molecule has 1 atom stereocenters. The van der Waals surface area contributed by atoms with Gasteiger partial charge in [0.05, 0.1) is 12.6 Å². The molecule has 2 nitrogen and oxygen atoms in total. The van der Waals surface area contributed by atoms with Gasteiger partial charge in [0.1, 0.15) is 11.6 Å². The first-order chi connectivity index (χ1) is 7.54. The van der Waals surface area contributed by atoms with Crippen LogP contribution >= 0.6 is 0 Å². The molecular formula is C12H17F2NO. The molecule has 0 bridgehead atoms. The van der Waals surface area contributed by atoms with Crippen molar-refractivity contribution in [1.29, 1.82) is 0 Å². The fourth-order valence-electron chi connectivity index (χ4n) is 1.43. The molecule has 16 heavy (non-hydrogen) atoms. The number of hydrogen-bond acceptors (Lipinski definition) is 2. The van der Waals surface area contributed by atoms with Crippen LogP contribution in [0, 0.1) is 17.6 Å². The van der Waals surface area contributed by atoms with E-state index in [1.807, 2.05) is 13.8 Å². The highest BCUT2D eigenvalue weighted by Gasteiger charge is 2.15. The molecule has 0 saturated heterocycles. The molecule has 1 aromatic carbocycles. The van der Waals surface area contributed by atoms with Gasteiger partial charge in [0.2, 0.25) is 0 Å². The van der Waals surface area contributed by atoms with Crippen molar-refractivity contribution in [2.75, 3.05) is 13.2 Å². The lowest BCUT2D eigenvalue weighted by atomic mass is 10.1. The average Bonchev–Trinajstić information content (AvgIpc) is 2.21. The Hall–Kier alpha value is -1.00. The predicted octanol–water partition coefficient (Wildman–Crippen LogP) is 2.24. The molecule has 1 rings (SSSR count). The number of benzene rings is 1. The van der Waals surface area contributed by atoms with Gasteiger partial charge >= 0.3 is 0 Å². The van der Waals surface area contributed by atoms with E-state index in [1.165, 1.54) is 12.1 Å². The lowest BCUT2D eigenvalue weighted by Gasteiger charge is -2.18. The quantitative estimate of drug-likeness (QED) is 0.811. The zero-order chi connectivity index (χ0) is 12.1. The van der Waals surface area contributed by atoms with E-state index in [1.54, 1.807) is 0 Å². The summed E-state index contributed by atoms with van der Waals surface area (Å²) in [5.41, 5.74) is 0.296. The van der Waals surface area contributed by atoms with Crippen molar-refractivity contribution in [2.45, 2.75) is 19.9 Å². The Morgan fingerprint density at radius 1 is 1.31 bits per heavy atom. The number of rotatable bonds is 5. The lowest BCUT2D eigenvalue weighted by molar-refractivity contribution is 0.238. The fraction of sp³-hybridized carbons (Fsp3) is 0.500. The van der Waals surface area contributed by atoms with Crippen LogP contribution in [0.3, 0.4) is 0 Å². The van der Waals surface area contributed by atoms with Gasteiger partial charge in [0.25, 0.3) is 0 Å². The third-order valence-corrected chi connectivity index (χ3v) is 2.29. The van der Waals surface area contributed by atoms with Gasteiger partial charge in [-0.1, -0.05) is 19.9 Å². The van der Waals surface area contributed by atoms with E-state index >= 15 is 0 Å². The average molecular weight is 229 g/mol. The molecular weight excluding hydrogens is 212 g/mol. The Morgan fingerprint density at radius 2 is 2.00 bits per heavy atom. The molecule has 0 aliphatic carbocycles. The first-order valence-electron chi connectivity index (χ1n) is 5.33. The van der Waals surface area contributed by atoms with Gasteiger partial charge in [-0.2, -0.15) is 0 Å². The summed E-state index contributed by atoms with van der Waals surface area (Å²) in [4.78, 5) is 0. The van der Waals surface area contributed by atoms with Crippen molar-refractivity contribution in [3.05, 3.63) is 35.4 Å². The Morgan fingerprint density at radius 3 is 2.50 bits per heavy atom. The van der Waals surface area contributed by atoms with Gasteiger partial charge in [0.15, 0.2) is 0 Å². The van der Waals surface area contributed by atoms with Crippen LogP contribution in [0.4, 0.5) is 8.78 Å². The van der Waals surface area contributed by atoms with E-state index in [0.717, 1.165) is 6.07 Å². The molecule has 1 aromatic rings. The summed E-state index contributed by atoms with van der Waals surface area (Å²) in [6, 6.07) is 2.90. The predicted molar refractivity (Wildman–Crippen MR) is 59.0 cm³/mol. The van der Waals surface area contributed by atoms with Crippen molar-refractivity contribution < 1.29 is 13.9 Å². The number of nitrogens with one attached hydrogen (secondary N) is 1. The number of aliphatic hydroxyl groups excluding tert-OH is 1. The molecule has 0 saturated carbocycles. The number of aliphatic hydroxyl groups is 1. The summed E-state index contributed by atoms with van der Waals surface area (Å²) in [6.45, 7) is 4.49. The molecule has 0 fully saturated rings. The Bertz CT molecular complexity index is 342. The molecule has 4 heteroatoms. The van der Waals surface area contributed by atoms with Crippen LogP contribution in [0.2, 0.25) is 0 Å². The van der Waals surface area contributed by atoms with Crippen molar-refractivity contribution in [3.8, 4) is 0 Å². The van der Waals surface area contributed by atoms with Crippen LogP contribution in [-0.4, -0.2) is 18.3 Å². The van der Waals surface area contributed by atoms with E-state index in [9.17, 15) is 8.78 Å². The molecule has 2 N–H and O–H groups in total. The van der Waals surface area contributed by atoms with Crippen molar-refractivity contribution >= 4 is 0 Å². The zero-order valence-corrected chi connectivity index (χ0v) is 9.50. The van der Waals surface area contributed by atoms with Gasteiger partial charge in [-0.15, -0.1) is 0 Å². The molecule has 0 aliphatic rings. The van der Waals surface area contributed by atoms with Crippen LogP contribution in [0.15, 0.2) is 18.2 Å². The minimum atomic E-state index is -0.629. The largest absolute Gasteiger partial charge is 0.394 e. The van der Waals surface area contributed by atoms with Crippen molar-refractivity contribution in [3.63, 3.8) is 0 Å². The van der Waals surface area contributed by atoms with E-state index in [4.69, 9.17) is 5.11 Å². The van der Waals surface area contributed by atoms with Crippen LogP contribution < -0.4 is 5.32 Å².